The molecule has 0 saturated heterocycles. The Labute approximate surface area is 42.5 Å². The first-order valence-electron chi connectivity index (χ1n) is 1.08. The fraction of sp³-hybridized carbons (Fsp3) is 0. The van der Waals surface area contributed by atoms with Crippen LogP contribution in [0.5, 0.6) is 0 Å². The van der Waals surface area contributed by atoms with Crippen molar-refractivity contribution >= 4 is 24.5 Å². The molecule has 6 heteroatoms. The average molecular weight is 146 g/mol. The van der Waals surface area contributed by atoms with Crippen LogP contribution in [0.4, 0.5) is 8.78 Å². The standard InChI is InChI=1S/CF2O2S2/c2-1(3)6-7(4)5. The summed E-state index contributed by atoms with van der Waals surface area (Å²) in [5, 5.41) is -2.16. The molecular weight excluding hydrogens is 146 g/mol. The highest BCUT2D eigenvalue weighted by Crippen LogP contribution is 1.69. The van der Waals surface area contributed by atoms with Gasteiger partial charge in [-0.15, -0.1) is 0 Å². The number of hydrogen-bond donors (Lipinski definition) is 0. The van der Waals surface area contributed by atoms with Gasteiger partial charge in [-0.1, -0.05) is 0 Å². The summed E-state index contributed by atoms with van der Waals surface area (Å²) in [5.41, 5.74) is 0. The van der Waals surface area contributed by atoms with Gasteiger partial charge < -0.3 is 0 Å². The van der Waals surface area contributed by atoms with Crippen LogP contribution in [0.15, 0.2) is 0 Å². The molecule has 0 N–H and O–H groups in total. The van der Waals surface area contributed by atoms with E-state index in [9.17, 15) is 17.2 Å². The summed E-state index contributed by atoms with van der Waals surface area (Å²) in [7, 11) is -3.21. The van der Waals surface area contributed by atoms with E-state index >= 15 is 0 Å². The van der Waals surface area contributed by atoms with Gasteiger partial charge in [-0.2, -0.15) is 17.2 Å². The second-order valence-electron chi connectivity index (χ2n) is 0.513. The molecule has 42 valence electrons. The topological polar surface area (TPSA) is 34.1 Å². The molecule has 0 rings (SSSR count). The molecule has 0 bridgehead atoms. The van der Waals surface area contributed by atoms with Gasteiger partial charge in [0.25, 0.3) is 9.26 Å². The number of halogens is 2. The van der Waals surface area contributed by atoms with Crippen LogP contribution in [0.1, 0.15) is 0 Å². The minimum absolute atomic E-state index is 0.491. The van der Waals surface area contributed by atoms with Gasteiger partial charge in [-0.25, -0.2) is 0 Å². The van der Waals surface area contributed by atoms with E-state index in [0.29, 0.717) is 0 Å². The first kappa shape index (κ1) is 6.77. The Morgan fingerprint density at radius 2 is 1.86 bits per heavy atom. The molecule has 0 saturated carbocycles. The minimum atomic E-state index is -2.72. The van der Waals surface area contributed by atoms with Gasteiger partial charge in [-0.3, -0.25) is 0 Å². The second kappa shape index (κ2) is 2.86. The van der Waals surface area contributed by atoms with E-state index in [1.165, 1.54) is 0 Å². The van der Waals surface area contributed by atoms with Gasteiger partial charge in [0.1, 0.15) is 0 Å². The van der Waals surface area contributed by atoms with Crippen LogP contribution in [0.2, 0.25) is 0 Å². The molecule has 0 aromatic rings. The lowest BCUT2D eigenvalue weighted by Gasteiger charge is -1.54. The van der Waals surface area contributed by atoms with Gasteiger partial charge in [0.15, 0.2) is 0 Å². The molecule has 0 aromatic carbocycles. The molecular formula is CF2O2S2. The third kappa shape index (κ3) is 5.77. The first-order chi connectivity index (χ1) is 3.13. The van der Waals surface area contributed by atoms with Crippen molar-refractivity contribution in [2.75, 3.05) is 0 Å². The van der Waals surface area contributed by atoms with Crippen LogP contribution in [0.3, 0.4) is 0 Å². The second-order valence-corrected chi connectivity index (χ2v) is 2.71. The minimum Gasteiger partial charge on any atom is -0.173 e. The maximum Gasteiger partial charge on any atom is 0.339 e. The Morgan fingerprint density at radius 1 is 1.43 bits per heavy atom. The number of hydrogen-bond acceptors (Lipinski definition) is 2. The zero-order valence-electron chi connectivity index (χ0n) is 2.89. The van der Waals surface area contributed by atoms with Crippen molar-refractivity contribution in [3.05, 3.63) is 0 Å². The molecule has 0 aliphatic heterocycles. The maximum absolute atomic E-state index is 10.8. The lowest BCUT2D eigenvalue weighted by atomic mass is 11.7. The quantitative estimate of drug-likeness (QED) is 0.353. The smallest absolute Gasteiger partial charge is 0.173 e. The fourth-order valence-corrected chi connectivity index (χ4v) is 0.463. The van der Waals surface area contributed by atoms with Crippen molar-refractivity contribution in [3.8, 4) is 0 Å². The fourth-order valence-electron chi connectivity index (χ4n) is 0.0514. The van der Waals surface area contributed by atoms with Crippen molar-refractivity contribution in [2.24, 2.45) is 0 Å². The van der Waals surface area contributed by atoms with Crippen molar-refractivity contribution in [3.63, 3.8) is 0 Å². The summed E-state index contributed by atoms with van der Waals surface area (Å²) >= 11 is 0. The van der Waals surface area contributed by atoms with Gasteiger partial charge in [0, 0.05) is 9.91 Å². The van der Waals surface area contributed by atoms with Crippen molar-refractivity contribution in [2.45, 2.75) is 0 Å². The van der Waals surface area contributed by atoms with Crippen LogP contribution < -0.4 is 0 Å². The van der Waals surface area contributed by atoms with Crippen LogP contribution >= 0.6 is 0 Å². The van der Waals surface area contributed by atoms with E-state index in [1.54, 1.807) is 0 Å². The molecule has 0 heterocycles. The zero-order chi connectivity index (χ0) is 5.86. The molecule has 0 spiro atoms. The maximum atomic E-state index is 10.8. The summed E-state index contributed by atoms with van der Waals surface area (Å²) < 4.78 is 40.1. The van der Waals surface area contributed by atoms with Gasteiger partial charge in [-0.05, 0) is 0 Å². The third-order valence-corrected chi connectivity index (χ3v) is 1.18. The van der Waals surface area contributed by atoms with E-state index < -0.39 is 24.5 Å². The van der Waals surface area contributed by atoms with E-state index in [-0.39, 0.29) is 0 Å². The summed E-state index contributed by atoms with van der Waals surface area (Å²) in [6.07, 6.45) is 0. The molecule has 2 nitrogen and oxygen atoms in total. The van der Waals surface area contributed by atoms with Crippen molar-refractivity contribution in [1.29, 1.82) is 0 Å². The Morgan fingerprint density at radius 3 is 1.86 bits per heavy atom. The molecule has 0 unspecified atom stereocenters. The SMILES string of the molecule is O=S(=O)=S=C(F)F. The summed E-state index contributed by atoms with van der Waals surface area (Å²) in [4.78, 5) is 0. The summed E-state index contributed by atoms with van der Waals surface area (Å²) in [5.74, 6) is 0. The molecule has 0 aliphatic carbocycles. The predicted molar refractivity (Wildman–Crippen MR) is 23.5 cm³/mol. The highest BCUT2D eigenvalue weighted by molar-refractivity contribution is 8.23. The van der Waals surface area contributed by atoms with Crippen LogP contribution in [-0.2, 0) is 19.2 Å². The van der Waals surface area contributed by atoms with E-state index in [1.807, 2.05) is 0 Å². The number of rotatable bonds is 0. The summed E-state index contributed by atoms with van der Waals surface area (Å²) in [6, 6.07) is 0. The van der Waals surface area contributed by atoms with E-state index in [4.69, 9.17) is 0 Å². The van der Waals surface area contributed by atoms with Gasteiger partial charge >= 0.3 is 5.37 Å². The first-order valence-corrected chi connectivity index (χ1v) is 3.49. The molecule has 0 aliphatic rings. The van der Waals surface area contributed by atoms with Crippen molar-refractivity contribution in [1.82, 2.24) is 0 Å². The third-order valence-electron chi connectivity index (χ3n) is 0.131. The largest absolute Gasteiger partial charge is 0.339 e. The molecule has 7 heavy (non-hydrogen) atoms. The molecule has 0 radical (unpaired) electrons. The van der Waals surface area contributed by atoms with Crippen molar-refractivity contribution < 1.29 is 17.2 Å². The highest BCUT2D eigenvalue weighted by Gasteiger charge is 1.78. The Hall–Kier alpha value is -0.230. The Bertz CT molecular complexity index is 196. The predicted octanol–water partition coefficient (Wildman–Crippen LogP) is -0.110. The van der Waals surface area contributed by atoms with Crippen LogP contribution in [-0.4, -0.2) is 13.8 Å². The van der Waals surface area contributed by atoms with Gasteiger partial charge in [0.2, 0.25) is 0 Å². The Balaban J connectivity index is 4.88. The van der Waals surface area contributed by atoms with Gasteiger partial charge in [0.05, 0.1) is 0 Å². The summed E-state index contributed by atoms with van der Waals surface area (Å²) in [6.45, 7) is 0. The molecule has 0 atom stereocenters. The van der Waals surface area contributed by atoms with E-state index in [2.05, 4.69) is 0 Å². The Kier molecular flexibility index (Phi) is 2.77. The van der Waals surface area contributed by atoms with Crippen LogP contribution in [0, 0.1) is 0 Å². The van der Waals surface area contributed by atoms with E-state index in [0.717, 1.165) is 0 Å². The molecule has 0 aromatic heterocycles. The lowest BCUT2D eigenvalue weighted by Crippen LogP contribution is -1.67. The highest BCUT2D eigenvalue weighted by atomic mass is 32.8. The normalized spacial score (nSPS) is 7.71. The molecule has 0 fully saturated rings. The molecule has 0 amide bonds. The average Bonchev–Trinajstić information content (AvgIpc) is 1.27. The lowest BCUT2D eigenvalue weighted by molar-refractivity contribution is 0.628. The monoisotopic (exact) mass is 146 g/mol. The zero-order valence-corrected chi connectivity index (χ0v) is 4.52. The van der Waals surface area contributed by atoms with Crippen LogP contribution in [0.25, 0.3) is 0 Å².